The SMILES string of the molecule is CCC(C)C(Nc1ccc2c(cc1=O)C(NC(C)=O)CCc1cc(OC)c(OC)c(OC)c1-2)C(=O)N1CCN(C(=O)C2COc3ccccc3O2)CC1. The van der Waals surface area contributed by atoms with Crippen LogP contribution in [0.4, 0.5) is 5.69 Å². The van der Waals surface area contributed by atoms with Crippen LogP contribution >= 0.6 is 0 Å². The second kappa shape index (κ2) is 16.1. The number of methoxy groups -OCH3 is 3. The molecule has 0 spiro atoms. The molecule has 1 saturated heterocycles. The molecule has 3 aromatic rings. The highest BCUT2D eigenvalue weighted by Crippen LogP contribution is 2.50. The van der Waals surface area contributed by atoms with E-state index < -0.39 is 18.2 Å². The van der Waals surface area contributed by atoms with E-state index in [0.29, 0.717) is 85.3 Å². The van der Waals surface area contributed by atoms with Gasteiger partial charge in [-0.05, 0) is 65.8 Å². The standard InChI is InChI=1S/C40H48N4O9/c1-7-23(2)36(40(48)44-18-16-43(17-19-44)39(47)34-22-52-31-10-8-9-11-32(31)53-34)42-29-15-13-26-27(21-30(29)46)28(41-24(3)45)14-12-25-20-33(49-4)37(50-5)38(51-6)35(25)26/h8-11,13,15,20-21,23,28,34,36H,7,12,14,16-19,22H2,1-6H3,(H,41,45)(H,42,46). The third-order valence-electron chi connectivity index (χ3n) is 10.4. The highest BCUT2D eigenvalue weighted by atomic mass is 16.6. The quantitative estimate of drug-likeness (QED) is 0.312. The van der Waals surface area contributed by atoms with Gasteiger partial charge in [0.2, 0.25) is 29.1 Å². The molecule has 13 heteroatoms. The van der Waals surface area contributed by atoms with Gasteiger partial charge in [0.1, 0.15) is 12.6 Å². The summed E-state index contributed by atoms with van der Waals surface area (Å²) in [4.78, 5) is 57.5. The first-order valence-electron chi connectivity index (χ1n) is 18.1. The Hall–Kier alpha value is -5.46. The number of para-hydroxylation sites is 2. The zero-order valence-corrected chi connectivity index (χ0v) is 31.2. The number of ether oxygens (including phenoxy) is 5. The van der Waals surface area contributed by atoms with E-state index in [4.69, 9.17) is 23.7 Å². The second-order valence-electron chi connectivity index (χ2n) is 13.6. The van der Waals surface area contributed by atoms with Crippen molar-refractivity contribution in [1.29, 1.82) is 0 Å². The van der Waals surface area contributed by atoms with Gasteiger partial charge in [0.05, 0.1) is 33.1 Å². The van der Waals surface area contributed by atoms with Gasteiger partial charge in [-0.2, -0.15) is 0 Å². The average molecular weight is 729 g/mol. The van der Waals surface area contributed by atoms with E-state index in [-0.39, 0.29) is 41.4 Å². The van der Waals surface area contributed by atoms with Gasteiger partial charge in [0, 0.05) is 38.7 Å². The molecule has 2 aliphatic heterocycles. The van der Waals surface area contributed by atoms with E-state index in [1.165, 1.54) is 14.0 Å². The van der Waals surface area contributed by atoms with Crippen LogP contribution in [0.3, 0.4) is 0 Å². The van der Waals surface area contributed by atoms with Gasteiger partial charge in [-0.15, -0.1) is 0 Å². The average Bonchev–Trinajstić information content (AvgIpc) is 3.42. The molecule has 1 fully saturated rings. The minimum absolute atomic E-state index is 0.121. The minimum Gasteiger partial charge on any atom is -0.493 e. The lowest BCUT2D eigenvalue weighted by Gasteiger charge is -2.39. The van der Waals surface area contributed by atoms with Crippen molar-refractivity contribution in [2.75, 3.05) is 59.4 Å². The van der Waals surface area contributed by atoms with E-state index in [0.717, 1.165) is 11.1 Å². The summed E-state index contributed by atoms with van der Waals surface area (Å²) in [7, 11) is 4.65. The van der Waals surface area contributed by atoms with Crippen molar-refractivity contribution in [1.82, 2.24) is 15.1 Å². The lowest BCUT2D eigenvalue weighted by Crippen LogP contribution is -2.57. The lowest BCUT2D eigenvalue weighted by atomic mass is 9.95. The summed E-state index contributed by atoms with van der Waals surface area (Å²) in [6, 6.07) is 13.1. The van der Waals surface area contributed by atoms with Crippen molar-refractivity contribution >= 4 is 23.4 Å². The Kier molecular flexibility index (Phi) is 11.3. The number of aryl methyl sites for hydroxylation is 1. The minimum atomic E-state index is -0.758. The van der Waals surface area contributed by atoms with Gasteiger partial charge >= 0.3 is 0 Å². The number of carbonyl (C=O) groups is 3. The van der Waals surface area contributed by atoms with Crippen LogP contribution in [-0.4, -0.2) is 93.8 Å². The van der Waals surface area contributed by atoms with Gasteiger partial charge in [0.15, 0.2) is 23.0 Å². The van der Waals surface area contributed by atoms with Crippen LogP contribution < -0.4 is 39.7 Å². The molecule has 3 aromatic carbocycles. The van der Waals surface area contributed by atoms with Crippen LogP contribution in [0.15, 0.2) is 53.3 Å². The number of anilines is 1. The molecule has 0 radical (unpaired) electrons. The maximum Gasteiger partial charge on any atom is 0.267 e. The van der Waals surface area contributed by atoms with E-state index in [9.17, 15) is 19.2 Å². The summed E-state index contributed by atoms with van der Waals surface area (Å²) < 4.78 is 28.9. The molecule has 53 heavy (non-hydrogen) atoms. The zero-order chi connectivity index (χ0) is 37.8. The monoisotopic (exact) mass is 728 g/mol. The van der Waals surface area contributed by atoms with Crippen LogP contribution in [0, 0.1) is 5.92 Å². The van der Waals surface area contributed by atoms with Gasteiger partial charge in [0.25, 0.3) is 5.91 Å². The van der Waals surface area contributed by atoms with Crippen LogP contribution in [0.25, 0.3) is 11.1 Å². The highest BCUT2D eigenvalue weighted by molar-refractivity contribution is 5.87. The summed E-state index contributed by atoms with van der Waals surface area (Å²) in [5, 5.41) is 6.34. The van der Waals surface area contributed by atoms with Gasteiger partial charge in [-0.3, -0.25) is 19.2 Å². The Bertz CT molecular complexity index is 1930. The number of hydrogen-bond acceptors (Lipinski definition) is 10. The molecule has 2 heterocycles. The Morgan fingerprint density at radius 1 is 0.925 bits per heavy atom. The molecule has 3 aliphatic rings. The first-order chi connectivity index (χ1) is 25.6. The second-order valence-corrected chi connectivity index (χ2v) is 13.6. The number of benzene rings is 2. The molecule has 0 saturated carbocycles. The summed E-state index contributed by atoms with van der Waals surface area (Å²) in [5.41, 5.74) is 2.92. The molecule has 6 rings (SSSR count). The van der Waals surface area contributed by atoms with E-state index in [1.807, 2.05) is 38.1 Å². The Morgan fingerprint density at radius 3 is 2.28 bits per heavy atom. The maximum atomic E-state index is 14.2. The molecular weight excluding hydrogens is 680 g/mol. The van der Waals surface area contributed by atoms with Crippen molar-refractivity contribution in [2.45, 2.75) is 58.2 Å². The fourth-order valence-corrected chi connectivity index (χ4v) is 7.37. The summed E-state index contributed by atoms with van der Waals surface area (Å²) >= 11 is 0. The third kappa shape index (κ3) is 7.56. The van der Waals surface area contributed by atoms with Crippen molar-refractivity contribution < 1.29 is 38.1 Å². The molecule has 0 bridgehead atoms. The maximum absolute atomic E-state index is 14.2. The molecule has 282 valence electrons. The largest absolute Gasteiger partial charge is 0.493 e. The van der Waals surface area contributed by atoms with Crippen LogP contribution in [0.5, 0.6) is 28.7 Å². The number of piperazine rings is 1. The first-order valence-corrected chi connectivity index (χ1v) is 18.1. The Morgan fingerprint density at radius 2 is 1.62 bits per heavy atom. The fraction of sp³-hybridized carbons (Fsp3) is 0.450. The predicted octanol–water partition coefficient (Wildman–Crippen LogP) is 4.20. The number of hydrogen-bond donors (Lipinski definition) is 2. The molecule has 3 amide bonds. The zero-order valence-electron chi connectivity index (χ0n) is 31.2. The number of amides is 3. The van der Waals surface area contributed by atoms with Crippen molar-refractivity contribution in [3.05, 3.63) is 69.9 Å². The summed E-state index contributed by atoms with van der Waals surface area (Å²) in [5.74, 6) is 1.85. The molecule has 1 aliphatic carbocycles. The number of rotatable bonds is 10. The smallest absolute Gasteiger partial charge is 0.267 e. The lowest BCUT2D eigenvalue weighted by molar-refractivity contribution is -0.146. The van der Waals surface area contributed by atoms with E-state index in [2.05, 4.69) is 10.6 Å². The number of carbonyl (C=O) groups excluding carboxylic acids is 3. The van der Waals surface area contributed by atoms with Crippen LogP contribution in [0.1, 0.15) is 50.8 Å². The van der Waals surface area contributed by atoms with Crippen molar-refractivity contribution in [3.8, 4) is 39.9 Å². The predicted molar refractivity (Wildman–Crippen MR) is 199 cm³/mol. The Balaban J connectivity index is 1.27. The molecule has 4 atom stereocenters. The normalized spacial score (nSPS) is 18.7. The van der Waals surface area contributed by atoms with Crippen LogP contribution in [0.2, 0.25) is 0 Å². The number of fused-ring (bicyclic) bond motifs is 4. The van der Waals surface area contributed by atoms with Crippen molar-refractivity contribution in [2.24, 2.45) is 5.92 Å². The van der Waals surface area contributed by atoms with Crippen LogP contribution in [-0.2, 0) is 20.8 Å². The molecule has 4 unspecified atom stereocenters. The molecular formula is C40H48N4O9. The topological polar surface area (TPSA) is 145 Å². The third-order valence-corrected chi connectivity index (χ3v) is 10.4. The first kappa shape index (κ1) is 37.3. The molecule has 13 nitrogen and oxygen atoms in total. The Labute approximate surface area is 309 Å². The summed E-state index contributed by atoms with van der Waals surface area (Å²) in [6.45, 7) is 6.92. The number of nitrogens with one attached hydrogen (secondary N) is 2. The fourth-order valence-electron chi connectivity index (χ4n) is 7.37. The van der Waals surface area contributed by atoms with E-state index in [1.54, 1.807) is 48.3 Å². The molecule has 0 aromatic heterocycles. The summed E-state index contributed by atoms with van der Waals surface area (Å²) in [6.07, 6.45) is 1.03. The van der Waals surface area contributed by atoms with Gasteiger partial charge in [-0.1, -0.05) is 38.5 Å². The van der Waals surface area contributed by atoms with Gasteiger partial charge in [-0.25, -0.2) is 0 Å². The highest BCUT2D eigenvalue weighted by Gasteiger charge is 2.36. The molecule has 2 N–H and O–H groups in total. The van der Waals surface area contributed by atoms with E-state index >= 15 is 0 Å². The van der Waals surface area contributed by atoms with Gasteiger partial charge < -0.3 is 44.1 Å². The number of nitrogens with zero attached hydrogens (tertiary/aromatic N) is 2. The van der Waals surface area contributed by atoms with Crippen molar-refractivity contribution in [3.63, 3.8) is 0 Å².